The molecule has 3 atom stereocenters. The molecule has 12 nitrogen and oxygen atoms in total. The Hall–Kier alpha value is -3.83. The Labute approximate surface area is 266 Å². The minimum Gasteiger partial charge on any atom is -0.481 e. The number of rotatable bonds is 9. The molecule has 4 heterocycles. The molecule has 1 saturated carbocycles. The van der Waals surface area contributed by atoms with Crippen LogP contribution < -0.4 is 5.32 Å². The maximum absolute atomic E-state index is 15.5. The first kappa shape index (κ1) is 32.1. The molecular weight excluding hydrogens is 651 g/mol. The lowest BCUT2D eigenvalue weighted by atomic mass is 9.85. The summed E-state index contributed by atoms with van der Waals surface area (Å²) in [6.45, 7) is 1.28. The molecule has 6 rings (SSSR count). The predicted molar refractivity (Wildman–Crippen MR) is 158 cm³/mol. The molecule has 2 saturated heterocycles. The minimum atomic E-state index is -4.39. The maximum atomic E-state index is 15.5. The number of carboxylic acids is 1. The van der Waals surface area contributed by atoms with Gasteiger partial charge in [0.15, 0.2) is 10.8 Å². The van der Waals surface area contributed by atoms with Crippen molar-refractivity contribution in [2.45, 2.75) is 49.9 Å². The van der Waals surface area contributed by atoms with Crippen molar-refractivity contribution in [2.24, 2.45) is 16.8 Å². The average Bonchev–Trinajstić information content (AvgIpc) is 3.66. The third-order valence-corrected chi connectivity index (χ3v) is 11.9. The number of carbonyl (C=O) groups is 3. The molecular formula is C29H30F3N5O7S2. The fourth-order valence-corrected chi connectivity index (χ4v) is 9.14. The molecule has 246 valence electrons. The van der Waals surface area contributed by atoms with Crippen molar-refractivity contribution in [1.29, 1.82) is 0 Å². The number of nitrogens with one attached hydrogen (secondary N) is 1. The summed E-state index contributed by atoms with van der Waals surface area (Å²) in [6.07, 6.45) is 1.11. The van der Waals surface area contributed by atoms with Crippen molar-refractivity contribution in [1.82, 2.24) is 19.5 Å². The van der Waals surface area contributed by atoms with Crippen LogP contribution in [0.3, 0.4) is 0 Å². The number of likely N-dealkylation sites (tertiary alicyclic amines) is 1. The van der Waals surface area contributed by atoms with E-state index in [4.69, 9.17) is 9.84 Å². The van der Waals surface area contributed by atoms with Crippen molar-refractivity contribution in [3.05, 3.63) is 63.0 Å². The van der Waals surface area contributed by atoms with Crippen molar-refractivity contribution >= 4 is 45.0 Å². The molecule has 2 N–H and O–H groups in total. The van der Waals surface area contributed by atoms with E-state index in [0.29, 0.717) is 14.9 Å². The zero-order valence-electron chi connectivity index (χ0n) is 24.7. The smallest absolute Gasteiger partial charge is 0.338 e. The number of aliphatic imine (C=N–C) groups is 1. The van der Waals surface area contributed by atoms with E-state index in [0.717, 1.165) is 0 Å². The fraction of sp³-hybridized carbons (Fsp3) is 0.483. The van der Waals surface area contributed by atoms with Crippen LogP contribution in [0.25, 0.3) is 0 Å². The standard InChI is InChI=1S/C29H30F3N5O7S2/c1-3-44-28(41)21-19(34-24(25-33-7-8-45-25)35-23(21)17-5-4-6-18(30)14(17)2)11-36-13-29(31,32)22-20(36)12-37(26(22)38)46(42,43)16-9-15(10-16)27(39)40/h4-8,15-16,20,22-23H,3,9-13H2,1-2H3,(H,34,35)(H,39,40)/t15?,16?,20-,22-,23-/m0/s1. The molecule has 4 aliphatic rings. The summed E-state index contributed by atoms with van der Waals surface area (Å²) in [5.74, 6) is -10.0. The van der Waals surface area contributed by atoms with E-state index < -0.39 is 81.9 Å². The summed E-state index contributed by atoms with van der Waals surface area (Å²) in [6, 6.07) is 1.97. The van der Waals surface area contributed by atoms with Gasteiger partial charge in [-0.3, -0.25) is 19.5 Å². The van der Waals surface area contributed by atoms with Gasteiger partial charge >= 0.3 is 11.9 Å². The van der Waals surface area contributed by atoms with E-state index in [9.17, 15) is 27.2 Å². The van der Waals surface area contributed by atoms with Crippen LogP contribution in [0.4, 0.5) is 13.2 Å². The number of nitrogens with zero attached hydrogens (tertiary/aromatic N) is 4. The van der Waals surface area contributed by atoms with E-state index in [1.165, 1.54) is 41.5 Å². The molecule has 0 radical (unpaired) electrons. The van der Waals surface area contributed by atoms with E-state index in [1.807, 2.05) is 0 Å². The highest BCUT2D eigenvalue weighted by Gasteiger charge is 2.65. The zero-order valence-corrected chi connectivity index (χ0v) is 26.3. The van der Waals surface area contributed by atoms with Gasteiger partial charge in [0.25, 0.3) is 5.92 Å². The van der Waals surface area contributed by atoms with Gasteiger partial charge in [-0.1, -0.05) is 12.1 Å². The highest BCUT2D eigenvalue weighted by Crippen LogP contribution is 2.46. The lowest BCUT2D eigenvalue weighted by Crippen LogP contribution is -2.50. The summed E-state index contributed by atoms with van der Waals surface area (Å²) in [5.41, 5.74) is 0.620. The molecule has 3 aliphatic heterocycles. The Morgan fingerprint density at radius 2 is 2.00 bits per heavy atom. The van der Waals surface area contributed by atoms with Crippen LogP contribution in [0, 0.1) is 24.6 Å². The second-order valence-electron chi connectivity index (χ2n) is 11.7. The van der Waals surface area contributed by atoms with Crippen LogP contribution in [0.15, 0.2) is 46.0 Å². The monoisotopic (exact) mass is 681 g/mol. The molecule has 0 bridgehead atoms. The number of thiazole rings is 1. The molecule has 0 spiro atoms. The van der Waals surface area contributed by atoms with Crippen LogP contribution in [0.1, 0.15) is 41.9 Å². The topological polar surface area (TPSA) is 159 Å². The van der Waals surface area contributed by atoms with E-state index in [1.54, 1.807) is 18.4 Å². The van der Waals surface area contributed by atoms with Gasteiger partial charge in [0.05, 0.1) is 36.4 Å². The van der Waals surface area contributed by atoms with Crippen LogP contribution in [-0.2, 0) is 29.1 Å². The van der Waals surface area contributed by atoms with Gasteiger partial charge in [-0.05, 0) is 43.9 Å². The van der Waals surface area contributed by atoms with Crippen LogP contribution in [0.2, 0.25) is 0 Å². The highest BCUT2D eigenvalue weighted by atomic mass is 32.2. The number of hydrogen-bond acceptors (Lipinski definition) is 11. The summed E-state index contributed by atoms with van der Waals surface area (Å²) in [5, 5.41) is 13.1. The summed E-state index contributed by atoms with van der Waals surface area (Å²) >= 11 is 1.22. The Bertz CT molecular complexity index is 1760. The first-order valence-electron chi connectivity index (χ1n) is 14.5. The van der Waals surface area contributed by atoms with Gasteiger partial charge < -0.3 is 15.2 Å². The van der Waals surface area contributed by atoms with Gasteiger partial charge in [-0.2, -0.15) is 0 Å². The number of fused-ring (bicyclic) bond motifs is 1. The number of halogens is 3. The Morgan fingerprint density at radius 1 is 1.26 bits per heavy atom. The highest BCUT2D eigenvalue weighted by molar-refractivity contribution is 7.90. The number of hydrogen-bond donors (Lipinski definition) is 2. The molecule has 1 aliphatic carbocycles. The minimum absolute atomic E-state index is 0.0226. The number of amidine groups is 1. The Kier molecular flexibility index (Phi) is 8.21. The number of carboxylic acid groups (broad SMARTS) is 1. The van der Waals surface area contributed by atoms with Crippen molar-refractivity contribution in [3.8, 4) is 0 Å². The third kappa shape index (κ3) is 5.37. The van der Waals surface area contributed by atoms with Crippen molar-refractivity contribution < 1.29 is 45.8 Å². The second-order valence-corrected chi connectivity index (χ2v) is 14.7. The molecule has 3 fully saturated rings. The van der Waals surface area contributed by atoms with E-state index in [2.05, 4.69) is 15.3 Å². The number of aliphatic carboxylic acids is 1. The van der Waals surface area contributed by atoms with Crippen LogP contribution in [0.5, 0.6) is 0 Å². The molecule has 1 aromatic heterocycles. The molecule has 2 aromatic rings. The largest absolute Gasteiger partial charge is 0.481 e. The normalized spacial score (nSPS) is 27.6. The number of ether oxygens (including phenoxy) is 1. The van der Waals surface area contributed by atoms with E-state index in [-0.39, 0.29) is 48.7 Å². The zero-order chi connectivity index (χ0) is 33.1. The number of carbonyl (C=O) groups excluding carboxylic acids is 2. The number of amides is 1. The molecule has 17 heteroatoms. The maximum Gasteiger partial charge on any atom is 0.338 e. The quantitative estimate of drug-likeness (QED) is 0.377. The van der Waals surface area contributed by atoms with Gasteiger partial charge in [-0.15, -0.1) is 11.3 Å². The van der Waals surface area contributed by atoms with Gasteiger partial charge in [-0.25, -0.2) is 35.7 Å². The first-order chi connectivity index (χ1) is 21.7. The third-order valence-electron chi connectivity index (χ3n) is 8.98. The summed E-state index contributed by atoms with van der Waals surface area (Å²) in [4.78, 5) is 48.2. The number of esters is 1. The SMILES string of the molecule is CCOC(=O)C1=C(CN2CC(F)(F)[C@@H]3C(=O)N(S(=O)(=O)C4CC(C(=O)O)C4)C[C@@H]32)NC(c2nccs2)=N[C@H]1c1cccc(F)c1C. The lowest BCUT2D eigenvalue weighted by Gasteiger charge is -2.35. The first-order valence-corrected chi connectivity index (χ1v) is 16.9. The second kappa shape index (κ2) is 11.8. The summed E-state index contributed by atoms with van der Waals surface area (Å²) < 4.78 is 78.2. The summed E-state index contributed by atoms with van der Waals surface area (Å²) in [7, 11) is -4.39. The molecule has 46 heavy (non-hydrogen) atoms. The van der Waals surface area contributed by atoms with Crippen molar-refractivity contribution in [2.75, 3.05) is 26.2 Å². The fourth-order valence-electron chi connectivity index (χ4n) is 6.52. The van der Waals surface area contributed by atoms with Gasteiger partial charge in [0.1, 0.15) is 17.8 Å². The van der Waals surface area contributed by atoms with E-state index >= 15 is 8.78 Å². The average molecular weight is 682 g/mol. The number of aromatic nitrogens is 1. The van der Waals surface area contributed by atoms with Crippen molar-refractivity contribution in [3.63, 3.8) is 0 Å². The lowest BCUT2D eigenvalue weighted by molar-refractivity contribution is -0.144. The predicted octanol–water partition coefficient (Wildman–Crippen LogP) is 2.47. The van der Waals surface area contributed by atoms with Crippen LogP contribution in [-0.4, -0.2) is 94.9 Å². The van der Waals surface area contributed by atoms with Crippen LogP contribution >= 0.6 is 11.3 Å². The number of benzene rings is 1. The molecule has 1 amide bonds. The van der Waals surface area contributed by atoms with Gasteiger partial charge in [0.2, 0.25) is 15.9 Å². The molecule has 1 aromatic carbocycles. The van der Waals surface area contributed by atoms with Gasteiger partial charge in [0, 0.05) is 29.9 Å². The Morgan fingerprint density at radius 3 is 2.65 bits per heavy atom. The number of alkyl halides is 2. The molecule has 0 unspecified atom stereocenters. The Balaban J connectivity index is 1.38. The number of sulfonamides is 1.